The first kappa shape index (κ1) is 9.69. The van der Waals surface area contributed by atoms with Crippen LogP contribution in [0.25, 0.3) is 0 Å². The van der Waals surface area contributed by atoms with E-state index in [-0.39, 0.29) is 6.23 Å². The Kier molecular flexibility index (Phi) is 2.57. The van der Waals surface area contributed by atoms with Crippen molar-refractivity contribution in [3.63, 3.8) is 0 Å². The van der Waals surface area contributed by atoms with Crippen LogP contribution in [-0.4, -0.2) is 22.8 Å². The number of nitrogens with zero attached hydrogens (tertiary/aromatic N) is 1. The molecule has 0 radical (unpaired) electrons. The van der Waals surface area contributed by atoms with Crippen LogP contribution in [0.2, 0.25) is 0 Å². The first-order valence-corrected chi connectivity index (χ1v) is 5.17. The molecular weight excluding hydrogens is 174 g/mol. The van der Waals surface area contributed by atoms with Gasteiger partial charge in [0.05, 0.1) is 0 Å². The maximum absolute atomic E-state index is 9.48. The second kappa shape index (κ2) is 3.71. The van der Waals surface area contributed by atoms with Crippen LogP contribution in [0.4, 0.5) is 0 Å². The van der Waals surface area contributed by atoms with Crippen molar-refractivity contribution in [2.45, 2.75) is 33.0 Å². The number of rotatable bonds is 1. The SMILES string of the molecule is Cc1ccc2c(c1)CCN(C(C)O)C2. The number of aryl methyl sites for hydroxylation is 1. The third-order valence-electron chi connectivity index (χ3n) is 2.93. The maximum Gasteiger partial charge on any atom is 0.104 e. The number of hydrogen-bond donors (Lipinski definition) is 1. The molecule has 0 fully saturated rings. The Balaban J connectivity index is 2.23. The minimum absolute atomic E-state index is 0.329. The lowest BCUT2D eigenvalue weighted by Crippen LogP contribution is -2.37. The van der Waals surface area contributed by atoms with E-state index in [2.05, 4.69) is 30.0 Å². The standard InChI is InChI=1S/C12H17NO/c1-9-3-4-12-8-13(10(2)14)6-5-11(12)7-9/h3-4,7,10,14H,5-6,8H2,1-2H3. The molecule has 0 spiro atoms. The quantitative estimate of drug-likeness (QED) is 0.730. The second-order valence-corrected chi connectivity index (χ2v) is 4.12. The average Bonchev–Trinajstić information content (AvgIpc) is 2.16. The van der Waals surface area contributed by atoms with Crippen LogP contribution in [0.1, 0.15) is 23.6 Å². The predicted molar refractivity (Wildman–Crippen MR) is 57.0 cm³/mol. The molecule has 14 heavy (non-hydrogen) atoms. The zero-order valence-corrected chi connectivity index (χ0v) is 8.83. The van der Waals surface area contributed by atoms with Gasteiger partial charge in [0.15, 0.2) is 0 Å². The number of hydrogen-bond acceptors (Lipinski definition) is 2. The highest BCUT2D eigenvalue weighted by Crippen LogP contribution is 2.20. The molecule has 1 unspecified atom stereocenters. The smallest absolute Gasteiger partial charge is 0.104 e. The van der Waals surface area contributed by atoms with Gasteiger partial charge >= 0.3 is 0 Å². The van der Waals surface area contributed by atoms with Crippen molar-refractivity contribution in [3.8, 4) is 0 Å². The molecule has 0 saturated carbocycles. The number of aliphatic hydroxyl groups excluding tert-OH is 1. The molecule has 1 aromatic carbocycles. The minimum Gasteiger partial charge on any atom is -0.379 e. The van der Waals surface area contributed by atoms with E-state index in [4.69, 9.17) is 0 Å². The van der Waals surface area contributed by atoms with Crippen molar-refractivity contribution in [2.75, 3.05) is 6.54 Å². The van der Waals surface area contributed by atoms with Crippen molar-refractivity contribution < 1.29 is 5.11 Å². The molecule has 0 amide bonds. The maximum atomic E-state index is 9.48. The van der Waals surface area contributed by atoms with E-state index in [9.17, 15) is 5.11 Å². The first-order chi connectivity index (χ1) is 6.66. The van der Waals surface area contributed by atoms with Crippen molar-refractivity contribution >= 4 is 0 Å². The molecule has 1 aromatic rings. The Morgan fingerprint density at radius 2 is 2.14 bits per heavy atom. The van der Waals surface area contributed by atoms with Gasteiger partial charge in [0.2, 0.25) is 0 Å². The van der Waals surface area contributed by atoms with Gasteiger partial charge < -0.3 is 5.11 Å². The Morgan fingerprint density at radius 1 is 1.36 bits per heavy atom. The summed E-state index contributed by atoms with van der Waals surface area (Å²) < 4.78 is 0. The molecule has 2 rings (SSSR count). The summed E-state index contributed by atoms with van der Waals surface area (Å²) in [5, 5.41) is 9.48. The fraction of sp³-hybridized carbons (Fsp3) is 0.500. The third-order valence-corrected chi connectivity index (χ3v) is 2.93. The lowest BCUT2D eigenvalue weighted by molar-refractivity contribution is 0.00918. The van der Waals surface area contributed by atoms with Crippen LogP contribution in [-0.2, 0) is 13.0 Å². The molecule has 2 nitrogen and oxygen atoms in total. The summed E-state index contributed by atoms with van der Waals surface area (Å²) >= 11 is 0. The summed E-state index contributed by atoms with van der Waals surface area (Å²) in [6.07, 6.45) is 0.728. The molecule has 1 heterocycles. The van der Waals surface area contributed by atoms with Crippen molar-refractivity contribution in [1.82, 2.24) is 4.90 Å². The van der Waals surface area contributed by atoms with Crippen molar-refractivity contribution in [2.24, 2.45) is 0 Å². The topological polar surface area (TPSA) is 23.5 Å². The van der Waals surface area contributed by atoms with Crippen LogP contribution < -0.4 is 0 Å². The van der Waals surface area contributed by atoms with E-state index in [1.165, 1.54) is 16.7 Å². The molecule has 1 N–H and O–H groups in total. The molecule has 1 aliphatic heterocycles. The van der Waals surface area contributed by atoms with Crippen LogP contribution in [0.3, 0.4) is 0 Å². The Bertz CT molecular complexity index is 333. The lowest BCUT2D eigenvalue weighted by Gasteiger charge is -2.31. The number of fused-ring (bicyclic) bond motifs is 1. The van der Waals surface area contributed by atoms with E-state index < -0.39 is 0 Å². The minimum atomic E-state index is -0.329. The van der Waals surface area contributed by atoms with Gasteiger partial charge in [0.25, 0.3) is 0 Å². The molecule has 0 saturated heterocycles. The van der Waals surface area contributed by atoms with Gasteiger partial charge in [0, 0.05) is 13.1 Å². The molecule has 0 aliphatic carbocycles. The van der Waals surface area contributed by atoms with Crippen molar-refractivity contribution in [1.29, 1.82) is 0 Å². The van der Waals surface area contributed by atoms with Crippen LogP contribution in [0, 0.1) is 6.92 Å². The third kappa shape index (κ3) is 1.81. The second-order valence-electron chi connectivity index (χ2n) is 4.12. The van der Waals surface area contributed by atoms with E-state index in [1.54, 1.807) is 0 Å². The molecular formula is C12H17NO. The van der Waals surface area contributed by atoms with E-state index >= 15 is 0 Å². The van der Waals surface area contributed by atoms with Crippen LogP contribution in [0.5, 0.6) is 0 Å². The van der Waals surface area contributed by atoms with Crippen LogP contribution >= 0.6 is 0 Å². The van der Waals surface area contributed by atoms with Crippen LogP contribution in [0.15, 0.2) is 18.2 Å². The molecule has 0 aromatic heterocycles. The Morgan fingerprint density at radius 3 is 2.86 bits per heavy atom. The van der Waals surface area contributed by atoms with Gasteiger partial charge in [-0.1, -0.05) is 23.8 Å². The zero-order chi connectivity index (χ0) is 10.1. The summed E-state index contributed by atoms with van der Waals surface area (Å²) in [6, 6.07) is 6.58. The highest BCUT2D eigenvalue weighted by atomic mass is 16.3. The first-order valence-electron chi connectivity index (χ1n) is 5.17. The van der Waals surface area contributed by atoms with Gasteiger partial charge in [-0.05, 0) is 31.4 Å². The molecule has 1 aliphatic rings. The Labute approximate surface area is 85.2 Å². The van der Waals surface area contributed by atoms with Gasteiger partial charge in [-0.2, -0.15) is 0 Å². The molecule has 1 atom stereocenters. The summed E-state index contributed by atoms with van der Waals surface area (Å²) in [6.45, 7) is 5.81. The molecule has 0 bridgehead atoms. The highest BCUT2D eigenvalue weighted by molar-refractivity contribution is 5.33. The summed E-state index contributed by atoms with van der Waals surface area (Å²) in [4.78, 5) is 2.09. The van der Waals surface area contributed by atoms with Gasteiger partial charge in [-0.3, -0.25) is 4.90 Å². The summed E-state index contributed by atoms with van der Waals surface area (Å²) in [5.74, 6) is 0. The van der Waals surface area contributed by atoms with Gasteiger partial charge in [0.1, 0.15) is 6.23 Å². The Hall–Kier alpha value is -0.860. The summed E-state index contributed by atoms with van der Waals surface area (Å²) in [7, 11) is 0. The zero-order valence-electron chi connectivity index (χ0n) is 8.83. The molecule has 2 heteroatoms. The lowest BCUT2D eigenvalue weighted by atomic mass is 9.98. The monoisotopic (exact) mass is 191 g/mol. The average molecular weight is 191 g/mol. The largest absolute Gasteiger partial charge is 0.379 e. The van der Waals surface area contributed by atoms with E-state index in [0.29, 0.717) is 0 Å². The molecule has 76 valence electrons. The van der Waals surface area contributed by atoms with Crippen molar-refractivity contribution in [3.05, 3.63) is 34.9 Å². The predicted octanol–water partition coefficient (Wildman–Crippen LogP) is 1.69. The summed E-state index contributed by atoms with van der Waals surface area (Å²) in [5.41, 5.74) is 4.14. The fourth-order valence-corrected chi connectivity index (χ4v) is 2.02. The van der Waals surface area contributed by atoms with E-state index in [1.807, 2.05) is 6.92 Å². The fourth-order valence-electron chi connectivity index (χ4n) is 2.02. The highest BCUT2D eigenvalue weighted by Gasteiger charge is 2.18. The van der Waals surface area contributed by atoms with Gasteiger partial charge in [-0.25, -0.2) is 0 Å². The van der Waals surface area contributed by atoms with E-state index in [0.717, 1.165) is 19.5 Å². The number of aliphatic hydroxyl groups is 1. The van der Waals surface area contributed by atoms with Gasteiger partial charge in [-0.15, -0.1) is 0 Å². The number of benzene rings is 1. The normalized spacial score (nSPS) is 19.1.